The summed E-state index contributed by atoms with van der Waals surface area (Å²) in [5.41, 5.74) is 0.0215. The van der Waals surface area contributed by atoms with Crippen LogP contribution >= 0.6 is 0 Å². The van der Waals surface area contributed by atoms with Crippen LogP contribution in [0.15, 0.2) is 4.99 Å². The summed E-state index contributed by atoms with van der Waals surface area (Å²) in [5.74, 6) is 1.08. The molecular weight excluding hydrogens is 154 g/mol. The van der Waals surface area contributed by atoms with Crippen molar-refractivity contribution in [2.75, 3.05) is 26.9 Å². The first-order valence-corrected chi connectivity index (χ1v) is 4.41. The van der Waals surface area contributed by atoms with Gasteiger partial charge in [-0.25, -0.2) is 0 Å². The lowest BCUT2D eigenvalue weighted by atomic mass is 9.80. The molecule has 2 rings (SSSR count). The molecule has 0 radical (unpaired) electrons. The van der Waals surface area contributed by atoms with Crippen molar-refractivity contribution < 1.29 is 9.47 Å². The second-order valence-electron chi connectivity index (χ2n) is 3.80. The Morgan fingerprint density at radius 2 is 2.50 bits per heavy atom. The van der Waals surface area contributed by atoms with Crippen molar-refractivity contribution in [1.82, 2.24) is 0 Å². The van der Waals surface area contributed by atoms with E-state index in [9.17, 15) is 0 Å². The highest BCUT2D eigenvalue weighted by Crippen LogP contribution is 2.39. The Morgan fingerprint density at radius 3 is 3.08 bits per heavy atom. The summed E-state index contributed by atoms with van der Waals surface area (Å²) in [4.78, 5) is 4.31. The Labute approximate surface area is 72.8 Å². The summed E-state index contributed by atoms with van der Waals surface area (Å²) in [6.07, 6.45) is 2.01. The number of nitrogens with zero attached hydrogens (tertiary/aromatic N) is 1. The molecule has 2 aliphatic heterocycles. The predicted octanol–water partition coefficient (Wildman–Crippen LogP) is 0.738. The number of aliphatic imine (C=N–C) groups is 1. The topological polar surface area (TPSA) is 30.8 Å². The van der Waals surface area contributed by atoms with Crippen molar-refractivity contribution in [2.24, 2.45) is 16.8 Å². The fourth-order valence-electron chi connectivity index (χ4n) is 1.96. The lowest BCUT2D eigenvalue weighted by Crippen LogP contribution is -2.44. The quantitative estimate of drug-likeness (QED) is 0.610. The SMILES string of the molecule is COCC1C(C)COCC12C=N2. The molecular formula is C9H15NO2. The van der Waals surface area contributed by atoms with E-state index in [-0.39, 0.29) is 5.54 Å². The second kappa shape index (κ2) is 2.82. The molecule has 0 aromatic rings. The minimum Gasteiger partial charge on any atom is -0.384 e. The third kappa shape index (κ3) is 1.17. The van der Waals surface area contributed by atoms with Crippen molar-refractivity contribution in [2.45, 2.75) is 12.5 Å². The van der Waals surface area contributed by atoms with E-state index >= 15 is 0 Å². The van der Waals surface area contributed by atoms with Crippen LogP contribution in [0.25, 0.3) is 0 Å². The summed E-state index contributed by atoms with van der Waals surface area (Å²) in [6, 6.07) is 0. The van der Waals surface area contributed by atoms with Crippen molar-refractivity contribution in [3.05, 3.63) is 0 Å². The van der Waals surface area contributed by atoms with Gasteiger partial charge in [0, 0.05) is 25.8 Å². The first kappa shape index (κ1) is 8.20. The maximum atomic E-state index is 5.46. The maximum Gasteiger partial charge on any atom is 0.123 e. The van der Waals surface area contributed by atoms with Crippen molar-refractivity contribution >= 4 is 6.21 Å². The molecule has 0 N–H and O–H groups in total. The third-order valence-corrected chi connectivity index (χ3v) is 2.85. The first-order chi connectivity index (χ1) is 5.78. The second-order valence-corrected chi connectivity index (χ2v) is 3.80. The van der Waals surface area contributed by atoms with Crippen LogP contribution in [0.1, 0.15) is 6.92 Å². The molecule has 2 heterocycles. The van der Waals surface area contributed by atoms with Gasteiger partial charge in [0.1, 0.15) is 5.54 Å². The molecule has 1 fully saturated rings. The highest BCUT2D eigenvalue weighted by atomic mass is 16.5. The number of hydrogen-bond donors (Lipinski definition) is 0. The normalized spacial score (nSPS) is 45.2. The zero-order valence-electron chi connectivity index (χ0n) is 7.62. The van der Waals surface area contributed by atoms with Gasteiger partial charge < -0.3 is 9.47 Å². The zero-order chi connectivity index (χ0) is 8.60. The van der Waals surface area contributed by atoms with Gasteiger partial charge >= 0.3 is 0 Å². The largest absolute Gasteiger partial charge is 0.384 e. The van der Waals surface area contributed by atoms with Gasteiger partial charge in [-0.15, -0.1) is 0 Å². The summed E-state index contributed by atoms with van der Waals surface area (Å²) >= 11 is 0. The van der Waals surface area contributed by atoms with Crippen molar-refractivity contribution in [3.63, 3.8) is 0 Å². The molecule has 2 aliphatic rings. The van der Waals surface area contributed by atoms with Crippen LogP contribution in [0.3, 0.4) is 0 Å². The van der Waals surface area contributed by atoms with Gasteiger partial charge in [0.05, 0.1) is 13.2 Å². The molecule has 1 spiro atoms. The third-order valence-electron chi connectivity index (χ3n) is 2.85. The van der Waals surface area contributed by atoms with E-state index in [2.05, 4.69) is 11.9 Å². The fraction of sp³-hybridized carbons (Fsp3) is 0.889. The highest BCUT2D eigenvalue weighted by Gasteiger charge is 2.50. The van der Waals surface area contributed by atoms with Crippen LogP contribution in [0.5, 0.6) is 0 Å². The molecule has 3 unspecified atom stereocenters. The van der Waals surface area contributed by atoms with Crippen LogP contribution in [0, 0.1) is 11.8 Å². The number of hydrogen-bond acceptors (Lipinski definition) is 3. The molecule has 3 atom stereocenters. The zero-order valence-corrected chi connectivity index (χ0v) is 7.62. The molecule has 0 aromatic carbocycles. The molecule has 12 heavy (non-hydrogen) atoms. The molecule has 0 aliphatic carbocycles. The maximum absolute atomic E-state index is 5.46. The van der Waals surface area contributed by atoms with Crippen LogP contribution < -0.4 is 0 Å². The first-order valence-electron chi connectivity index (χ1n) is 4.41. The smallest absolute Gasteiger partial charge is 0.123 e. The molecule has 1 saturated heterocycles. The predicted molar refractivity (Wildman–Crippen MR) is 46.6 cm³/mol. The summed E-state index contributed by atoms with van der Waals surface area (Å²) in [7, 11) is 1.75. The molecule has 0 saturated carbocycles. The van der Waals surface area contributed by atoms with E-state index in [1.807, 2.05) is 6.21 Å². The van der Waals surface area contributed by atoms with Crippen LogP contribution in [0.2, 0.25) is 0 Å². The molecule has 0 aromatic heterocycles. The van der Waals surface area contributed by atoms with Crippen molar-refractivity contribution in [3.8, 4) is 0 Å². The minimum absolute atomic E-state index is 0.0215. The molecule has 3 nitrogen and oxygen atoms in total. The molecule has 0 bridgehead atoms. The Bertz CT molecular complexity index is 197. The number of ether oxygens (including phenoxy) is 2. The van der Waals surface area contributed by atoms with E-state index < -0.39 is 0 Å². The Hall–Kier alpha value is -0.410. The van der Waals surface area contributed by atoms with Gasteiger partial charge in [-0.3, -0.25) is 4.99 Å². The van der Waals surface area contributed by atoms with Crippen LogP contribution in [-0.4, -0.2) is 38.7 Å². The average molecular weight is 169 g/mol. The minimum atomic E-state index is 0.0215. The highest BCUT2D eigenvalue weighted by molar-refractivity contribution is 5.85. The Morgan fingerprint density at radius 1 is 1.75 bits per heavy atom. The van der Waals surface area contributed by atoms with E-state index in [1.54, 1.807) is 7.11 Å². The van der Waals surface area contributed by atoms with Crippen molar-refractivity contribution in [1.29, 1.82) is 0 Å². The average Bonchev–Trinajstić information content (AvgIpc) is 2.79. The number of rotatable bonds is 2. The van der Waals surface area contributed by atoms with Gasteiger partial charge in [-0.2, -0.15) is 0 Å². The van der Waals surface area contributed by atoms with Gasteiger partial charge in [0.15, 0.2) is 0 Å². The van der Waals surface area contributed by atoms with E-state index in [1.165, 1.54) is 0 Å². The summed E-state index contributed by atoms with van der Waals surface area (Å²) < 4.78 is 10.6. The van der Waals surface area contributed by atoms with E-state index in [4.69, 9.17) is 9.47 Å². The van der Waals surface area contributed by atoms with Crippen LogP contribution in [-0.2, 0) is 9.47 Å². The molecule has 3 heteroatoms. The monoisotopic (exact) mass is 169 g/mol. The Balaban J connectivity index is 2.02. The molecule has 0 amide bonds. The Kier molecular flexibility index (Phi) is 1.93. The van der Waals surface area contributed by atoms with Gasteiger partial charge in [-0.05, 0) is 5.92 Å². The van der Waals surface area contributed by atoms with Gasteiger partial charge in [-0.1, -0.05) is 6.92 Å². The standard InChI is InChI=1S/C9H15NO2/c1-7-3-12-6-9(5-10-9)8(7)4-11-2/h5,7-8H,3-4,6H2,1-2H3. The fourth-order valence-corrected chi connectivity index (χ4v) is 1.96. The van der Waals surface area contributed by atoms with E-state index in [0.717, 1.165) is 19.8 Å². The van der Waals surface area contributed by atoms with Gasteiger partial charge in [0.25, 0.3) is 0 Å². The molecule has 68 valence electrons. The summed E-state index contributed by atoms with van der Waals surface area (Å²) in [5, 5.41) is 0. The number of methoxy groups -OCH3 is 1. The lowest BCUT2D eigenvalue weighted by molar-refractivity contribution is -0.0256. The summed E-state index contributed by atoms with van der Waals surface area (Å²) in [6.45, 7) is 4.60. The lowest BCUT2D eigenvalue weighted by Gasteiger charge is -2.34. The van der Waals surface area contributed by atoms with E-state index in [0.29, 0.717) is 11.8 Å². The van der Waals surface area contributed by atoms with Gasteiger partial charge in [0.2, 0.25) is 0 Å². The van der Waals surface area contributed by atoms with Crippen LogP contribution in [0.4, 0.5) is 0 Å².